The van der Waals surface area contributed by atoms with E-state index in [1.54, 1.807) is 6.07 Å². The lowest BCUT2D eigenvalue weighted by Crippen LogP contribution is -2.23. The van der Waals surface area contributed by atoms with Crippen molar-refractivity contribution >= 4 is 35.0 Å². The van der Waals surface area contributed by atoms with Gasteiger partial charge in [-0.05, 0) is 37.0 Å². The third-order valence-corrected chi connectivity index (χ3v) is 4.64. The maximum atomic E-state index is 13.8. The van der Waals surface area contributed by atoms with Gasteiger partial charge in [0.2, 0.25) is 0 Å². The van der Waals surface area contributed by atoms with Crippen molar-refractivity contribution in [2.45, 2.75) is 12.8 Å². The standard InChI is InChI=1S/C17H16Cl2FN3O2/c1-23(8-9-3-4-9)16-13(19)14(17(24)25-2)21-15(22-16)10-5-6-11(18)12(20)7-10/h5-7,9H,3-4,8H2,1-2H3. The van der Waals surface area contributed by atoms with Crippen LogP contribution in [0.15, 0.2) is 18.2 Å². The van der Waals surface area contributed by atoms with E-state index in [1.165, 1.54) is 19.2 Å². The lowest BCUT2D eigenvalue weighted by atomic mass is 10.2. The Kier molecular flexibility index (Phi) is 5.11. The highest BCUT2D eigenvalue weighted by atomic mass is 35.5. The van der Waals surface area contributed by atoms with Gasteiger partial charge in [-0.2, -0.15) is 0 Å². The molecule has 0 aliphatic heterocycles. The van der Waals surface area contributed by atoms with Gasteiger partial charge in [0.05, 0.1) is 12.1 Å². The number of rotatable bonds is 5. The fraction of sp³-hybridized carbons (Fsp3) is 0.353. The molecule has 5 nitrogen and oxygen atoms in total. The number of aromatic nitrogens is 2. The first kappa shape index (κ1) is 17.9. The third-order valence-electron chi connectivity index (χ3n) is 3.98. The quantitative estimate of drug-likeness (QED) is 0.723. The first-order chi connectivity index (χ1) is 11.9. The van der Waals surface area contributed by atoms with Crippen molar-refractivity contribution in [3.8, 4) is 11.4 Å². The first-order valence-corrected chi connectivity index (χ1v) is 8.48. The Morgan fingerprint density at radius 3 is 2.68 bits per heavy atom. The third kappa shape index (κ3) is 3.85. The van der Waals surface area contributed by atoms with Crippen molar-refractivity contribution in [2.75, 3.05) is 25.6 Å². The van der Waals surface area contributed by atoms with Crippen LogP contribution in [-0.2, 0) is 4.74 Å². The fourth-order valence-electron chi connectivity index (χ4n) is 2.46. The summed E-state index contributed by atoms with van der Waals surface area (Å²) in [5.74, 6) is -0.0873. The summed E-state index contributed by atoms with van der Waals surface area (Å²) in [4.78, 5) is 22.5. The van der Waals surface area contributed by atoms with Crippen LogP contribution in [0.5, 0.6) is 0 Å². The van der Waals surface area contributed by atoms with Crippen molar-refractivity contribution in [3.05, 3.63) is 39.8 Å². The van der Waals surface area contributed by atoms with Crippen molar-refractivity contribution in [3.63, 3.8) is 0 Å². The number of ether oxygens (including phenoxy) is 1. The summed E-state index contributed by atoms with van der Waals surface area (Å²) >= 11 is 12.1. The largest absolute Gasteiger partial charge is 0.464 e. The normalized spacial score (nSPS) is 13.6. The lowest BCUT2D eigenvalue weighted by Gasteiger charge is -2.20. The van der Waals surface area contributed by atoms with Gasteiger partial charge in [-0.1, -0.05) is 23.2 Å². The van der Waals surface area contributed by atoms with Crippen LogP contribution in [0.1, 0.15) is 23.3 Å². The van der Waals surface area contributed by atoms with Gasteiger partial charge in [0.15, 0.2) is 17.3 Å². The molecule has 0 amide bonds. The minimum atomic E-state index is -0.677. The van der Waals surface area contributed by atoms with Gasteiger partial charge in [0.1, 0.15) is 10.8 Å². The number of nitrogens with zero attached hydrogens (tertiary/aromatic N) is 3. The number of methoxy groups -OCH3 is 1. The van der Waals surface area contributed by atoms with E-state index in [4.69, 9.17) is 27.9 Å². The molecule has 3 rings (SSSR count). The summed E-state index contributed by atoms with van der Waals surface area (Å²) in [5, 5.41) is 0.116. The van der Waals surface area contributed by atoms with E-state index in [-0.39, 0.29) is 21.6 Å². The number of benzene rings is 1. The van der Waals surface area contributed by atoms with Crippen LogP contribution in [0.25, 0.3) is 11.4 Å². The predicted octanol–water partition coefficient (Wildman–Crippen LogP) is 4.22. The zero-order chi connectivity index (χ0) is 18.1. The number of hydrogen-bond acceptors (Lipinski definition) is 5. The molecule has 0 atom stereocenters. The van der Waals surface area contributed by atoms with E-state index in [0.717, 1.165) is 19.4 Å². The van der Waals surface area contributed by atoms with Gasteiger partial charge in [-0.15, -0.1) is 0 Å². The van der Waals surface area contributed by atoms with E-state index in [9.17, 15) is 9.18 Å². The zero-order valence-corrected chi connectivity index (χ0v) is 15.2. The predicted molar refractivity (Wildman–Crippen MR) is 94.8 cm³/mol. The minimum absolute atomic E-state index is 0.00280. The van der Waals surface area contributed by atoms with Crippen molar-refractivity contribution < 1.29 is 13.9 Å². The van der Waals surface area contributed by atoms with Crippen LogP contribution in [0.2, 0.25) is 10.0 Å². The van der Waals surface area contributed by atoms with E-state index in [1.807, 2.05) is 11.9 Å². The molecule has 0 N–H and O–H groups in total. The van der Waals surface area contributed by atoms with E-state index >= 15 is 0 Å². The van der Waals surface area contributed by atoms with Crippen LogP contribution < -0.4 is 4.90 Å². The molecule has 1 heterocycles. The Hall–Kier alpha value is -1.92. The van der Waals surface area contributed by atoms with Crippen LogP contribution in [-0.4, -0.2) is 36.6 Å². The number of esters is 1. The van der Waals surface area contributed by atoms with Gasteiger partial charge in [0, 0.05) is 19.2 Å². The van der Waals surface area contributed by atoms with Gasteiger partial charge in [-0.25, -0.2) is 19.2 Å². The van der Waals surface area contributed by atoms with E-state index < -0.39 is 11.8 Å². The molecular formula is C17H16Cl2FN3O2. The zero-order valence-electron chi connectivity index (χ0n) is 13.7. The molecule has 0 spiro atoms. The highest BCUT2D eigenvalue weighted by molar-refractivity contribution is 6.35. The molecule has 0 saturated heterocycles. The number of anilines is 1. The van der Waals surface area contributed by atoms with Gasteiger partial charge in [0.25, 0.3) is 0 Å². The molecule has 1 aliphatic carbocycles. The summed E-state index contributed by atoms with van der Waals surface area (Å²) in [6.07, 6.45) is 2.32. The molecule has 0 radical (unpaired) electrons. The number of carbonyl (C=O) groups excluding carboxylic acids is 1. The highest BCUT2D eigenvalue weighted by Gasteiger charge is 2.27. The topological polar surface area (TPSA) is 55.3 Å². The SMILES string of the molecule is COC(=O)c1nc(-c2ccc(Cl)c(F)c2)nc(N(C)CC2CC2)c1Cl. The highest BCUT2D eigenvalue weighted by Crippen LogP contribution is 2.34. The second-order valence-corrected chi connectivity index (χ2v) is 6.76. The van der Waals surface area contributed by atoms with Crippen LogP contribution in [0.4, 0.5) is 10.2 Å². The average Bonchev–Trinajstić information content (AvgIpc) is 3.40. The summed E-state index contributed by atoms with van der Waals surface area (Å²) in [6, 6.07) is 4.22. The molecule has 1 aromatic heterocycles. The minimum Gasteiger partial charge on any atom is -0.464 e. The van der Waals surface area contributed by atoms with Crippen LogP contribution in [0.3, 0.4) is 0 Å². The lowest BCUT2D eigenvalue weighted by molar-refractivity contribution is 0.0594. The first-order valence-electron chi connectivity index (χ1n) is 7.73. The second-order valence-electron chi connectivity index (χ2n) is 5.98. The van der Waals surface area contributed by atoms with Crippen molar-refractivity contribution in [2.24, 2.45) is 5.92 Å². The number of halogens is 3. The summed E-state index contributed by atoms with van der Waals surface area (Å²) in [5.41, 5.74) is 0.340. The molecule has 1 aromatic carbocycles. The Morgan fingerprint density at radius 2 is 2.08 bits per heavy atom. The Morgan fingerprint density at radius 1 is 1.36 bits per heavy atom. The summed E-state index contributed by atoms with van der Waals surface area (Å²) in [6.45, 7) is 0.770. The molecule has 1 saturated carbocycles. The molecule has 1 fully saturated rings. The van der Waals surface area contributed by atoms with Crippen LogP contribution in [0, 0.1) is 11.7 Å². The average molecular weight is 384 g/mol. The maximum absolute atomic E-state index is 13.8. The van der Waals surface area contributed by atoms with Crippen molar-refractivity contribution in [1.29, 1.82) is 0 Å². The number of carbonyl (C=O) groups is 1. The molecule has 0 unspecified atom stereocenters. The molecule has 2 aromatic rings. The summed E-state index contributed by atoms with van der Waals surface area (Å²) in [7, 11) is 3.09. The Bertz CT molecular complexity index is 828. The van der Waals surface area contributed by atoms with Crippen LogP contribution >= 0.6 is 23.2 Å². The van der Waals surface area contributed by atoms with Gasteiger partial charge < -0.3 is 9.64 Å². The Labute approximate surface area is 154 Å². The molecular weight excluding hydrogens is 368 g/mol. The van der Waals surface area contributed by atoms with Crippen molar-refractivity contribution in [1.82, 2.24) is 9.97 Å². The van der Waals surface area contributed by atoms with Gasteiger partial charge >= 0.3 is 5.97 Å². The maximum Gasteiger partial charge on any atom is 0.358 e. The molecule has 8 heteroatoms. The molecule has 1 aliphatic rings. The van der Waals surface area contributed by atoms with E-state index in [2.05, 4.69) is 9.97 Å². The smallest absolute Gasteiger partial charge is 0.358 e. The molecule has 25 heavy (non-hydrogen) atoms. The van der Waals surface area contributed by atoms with E-state index in [0.29, 0.717) is 17.3 Å². The number of hydrogen-bond donors (Lipinski definition) is 0. The monoisotopic (exact) mass is 383 g/mol. The molecule has 132 valence electrons. The summed E-state index contributed by atoms with van der Waals surface area (Å²) < 4.78 is 18.5. The fourth-order valence-corrected chi connectivity index (χ4v) is 2.88. The second kappa shape index (κ2) is 7.14. The Balaban J connectivity index is 2.10. The molecule has 0 bridgehead atoms. The van der Waals surface area contributed by atoms with Gasteiger partial charge in [-0.3, -0.25) is 0 Å².